The van der Waals surface area contributed by atoms with E-state index >= 15 is 0 Å². The van der Waals surface area contributed by atoms with Crippen LogP contribution < -0.4 is 5.32 Å². The minimum atomic E-state index is -0.359. The topological polar surface area (TPSA) is 38.3 Å². The van der Waals surface area contributed by atoms with E-state index in [2.05, 4.69) is 12.2 Å². The summed E-state index contributed by atoms with van der Waals surface area (Å²) in [4.78, 5) is 11.7. The molecule has 0 radical (unpaired) electrons. The Kier molecular flexibility index (Phi) is 5.09. The summed E-state index contributed by atoms with van der Waals surface area (Å²) in [5.41, 5.74) is -0.359. The van der Waals surface area contributed by atoms with Crippen LogP contribution in [0.15, 0.2) is 0 Å². The Balaban J connectivity index is 2.40. The summed E-state index contributed by atoms with van der Waals surface area (Å²) >= 11 is 0. The van der Waals surface area contributed by atoms with Crippen molar-refractivity contribution in [3.05, 3.63) is 0 Å². The third kappa shape index (κ3) is 3.20. The van der Waals surface area contributed by atoms with Crippen LogP contribution in [0.4, 0.5) is 0 Å². The van der Waals surface area contributed by atoms with Crippen LogP contribution in [0.25, 0.3) is 0 Å². The van der Waals surface area contributed by atoms with Crippen molar-refractivity contribution in [3.8, 4) is 0 Å². The minimum Gasteiger partial charge on any atom is -0.468 e. The fourth-order valence-electron chi connectivity index (χ4n) is 2.34. The zero-order valence-electron chi connectivity index (χ0n) is 9.97. The standard InChI is InChI=1S/C12H23NO2/c1-3-4-5-6-8-12(11(14)15-2)9-7-10-13-12/h13H,3-10H2,1-2H3. The quantitative estimate of drug-likeness (QED) is 0.543. The van der Waals surface area contributed by atoms with E-state index in [9.17, 15) is 4.79 Å². The maximum atomic E-state index is 11.7. The average molecular weight is 213 g/mol. The summed E-state index contributed by atoms with van der Waals surface area (Å²) in [7, 11) is 1.48. The lowest BCUT2D eigenvalue weighted by molar-refractivity contribution is -0.148. The van der Waals surface area contributed by atoms with E-state index in [4.69, 9.17) is 4.74 Å². The molecule has 1 fully saturated rings. The lowest BCUT2D eigenvalue weighted by Gasteiger charge is -2.26. The van der Waals surface area contributed by atoms with Gasteiger partial charge in [0.1, 0.15) is 5.54 Å². The number of unbranched alkanes of at least 4 members (excludes halogenated alkanes) is 3. The van der Waals surface area contributed by atoms with Gasteiger partial charge in [0.05, 0.1) is 7.11 Å². The highest BCUT2D eigenvalue weighted by Gasteiger charge is 2.41. The van der Waals surface area contributed by atoms with Gasteiger partial charge in [-0.3, -0.25) is 4.79 Å². The number of carbonyl (C=O) groups is 1. The van der Waals surface area contributed by atoms with Crippen molar-refractivity contribution in [2.45, 2.75) is 57.4 Å². The van der Waals surface area contributed by atoms with Crippen LogP contribution in [-0.4, -0.2) is 25.2 Å². The number of ether oxygens (including phenoxy) is 1. The predicted molar refractivity (Wildman–Crippen MR) is 60.7 cm³/mol. The van der Waals surface area contributed by atoms with Gasteiger partial charge in [-0.2, -0.15) is 0 Å². The fraction of sp³-hybridized carbons (Fsp3) is 0.917. The molecule has 0 amide bonds. The molecule has 3 nitrogen and oxygen atoms in total. The van der Waals surface area contributed by atoms with Crippen molar-refractivity contribution in [2.24, 2.45) is 0 Å². The monoisotopic (exact) mass is 213 g/mol. The van der Waals surface area contributed by atoms with E-state index in [0.717, 1.165) is 32.2 Å². The first-order valence-electron chi connectivity index (χ1n) is 6.08. The summed E-state index contributed by atoms with van der Waals surface area (Å²) in [6.07, 6.45) is 7.79. The predicted octanol–water partition coefficient (Wildman–Crippen LogP) is 2.25. The molecule has 0 aliphatic carbocycles. The maximum absolute atomic E-state index is 11.7. The Morgan fingerprint density at radius 2 is 2.20 bits per heavy atom. The van der Waals surface area contributed by atoms with Crippen LogP contribution in [0.3, 0.4) is 0 Å². The number of methoxy groups -OCH3 is 1. The third-order valence-electron chi connectivity index (χ3n) is 3.28. The Labute approximate surface area is 92.6 Å². The number of hydrogen-bond donors (Lipinski definition) is 1. The van der Waals surface area contributed by atoms with Gasteiger partial charge in [0.2, 0.25) is 0 Å². The summed E-state index contributed by atoms with van der Waals surface area (Å²) in [5.74, 6) is -0.0727. The first-order chi connectivity index (χ1) is 7.25. The second kappa shape index (κ2) is 6.11. The molecule has 0 aromatic heterocycles. The Hall–Kier alpha value is -0.570. The zero-order valence-corrected chi connectivity index (χ0v) is 9.97. The van der Waals surface area contributed by atoms with Crippen molar-refractivity contribution in [3.63, 3.8) is 0 Å². The molecule has 1 atom stereocenters. The molecule has 1 aliphatic heterocycles. The van der Waals surface area contributed by atoms with Gasteiger partial charge in [0.15, 0.2) is 0 Å². The summed E-state index contributed by atoms with van der Waals surface area (Å²) in [6, 6.07) is 0. The minimum absolute atomic E-state index is 0.0727. The van der Waals surface area contributed by atoms with Crippen LogP contribution >= 0.6 is 0 Å². The fourth-order valence-corrected chi connectivity index (χ4v) is 2.34. The van der Waals surface area contributed by atoms with Crippen LogP contribution in [0.1, 0.15) is 51.9 Å². The van der Waals surface area contributed by atoms with Crippen molar-refractivity contribution < 1.29 is 9.53 Å². The van der Waals surface area contributed by atoms with Gasteiger partial charge in [-0.15, -0.1) is 0 Å². The summed E-state index contributed by atoms with van der Waals surface area (Å²) in [5, 5.41) is 3.32. The van der Waals surface area contributed by atoms with Gasteiger partial charge in [-0.05, 0) is 25.8 Å². The molecule has 0 saturated carbocycles. The largest absolute Gasteiger partial charge is 0.468 e. The van der Waals surface area contributed by atoms with Crippen LogP contribution in [0, 0.1) is 0 Å². The van der Waals surface area contributed by atoms with Crippen molar-refractivity contribution in [1.82, 2.24) is 5.32 Å². The molecule has 3 heteroatoms. The molecule has 0 aromatic rings. The van der Waals surface area contributed by atoms with E-state index in [0.29, 0.717) is 0 Å². The van der Waals surface area contributed by atoms with Crippen molar-refractivity contribution in [1.29, 1.82) is 0 Å². The van der Waals surface area contributed by atoms with E-state index in [-0.39, 0.29) is 11.5 Å². The highest BCUT2D eigenvalue weighted by molar-refractivity contribution is 5.81. The molecule has 1 aliphatic rings. The highest BCUT2D eigenvalue weighted by Crippen LogP contribution is 2.27. The molecule has 0 spiro atoms. The van der Waals surface area contributed by atoms with Crippen molar-refractivity contribution >= 4 is 5.97 Å². The number of carbonyl (C=O) groups excluding carboxylic acids is 1. The Morgan fingerprint density at radius 3 is 2.73 bits per heavy atom. The lowest BCUT2D eigenvalue weighted by atomic mass is 9.90. The van der Waals surface area contributed by atoms with E-state index in [1.807, 2.05) is 0 Å². The number of nitrogens with one attached hydrogen (secondary N) is 1. The summed E-state index contributed by atoms with van der Waals surface area (Å²) < 4.78 is 4.89. The molecule has 1 heterocycles. The molecule has 88 valence electrons. The van der Waals surface area contributed by atoms with Gasteiger partial charge in [0.25, 0.3) is 0 Å². The van der Waals surface area contributed by atoms with Crippen LogP contribution in [0.5, 0.6) is 0 Å². The first-order valence-corrected chi connectivity index (χ1v) is 6.08. The number of rotatable bonds is 6. The average Bonchev–Trinajstić information content (AvgIpc) is 2.73. The van der Waals surface area contributed by atoms with Crippen LogP contribution in [-0.2, 0) is 9.53 Å². The normalized spacial score (nSPS) is 25.5. The molecule has 1 N–H and O–H groups in total. The number of esters is 1. The second-order valence-corrected chi connectivity index (χ2v) is 4.41. The molecule has 1 unspecified atom stereocenters. The molecule has 1 rings (SSSR count). The zero-order chi connectivity index (χ0) is 11.1. The number of hydrogen-bond acceptors (Lipinski definition) is 3. The highest BCUT2D eigenvalue weighted by atomic mass is 16.5. The third-order valence-corrected chi connectivity index (χ3v) is 3.28. The molecule has 1 saturated heterocycles. The van der Waals surface area contributed by atoms with E-state index in [1.165, 1.54) is 26.4 Å². The maximum Gasteiger partial charge on any atom is 0.326 e. The molecule has 0 bridgehead atoms. The van der Waals surface area contributed by atoms with Gasteiger partial charge >= 0.3 is 5.97 Å². The Bertz CT molecular complexity index is 198. The van der Waals surface area contributed by atoms with Crippen LogP contribution in [0.2, 0.25) is 0 Å². The Morgan fingerprint density at radius 1 is 1.40 bits per heavy atom. The van der Waals surface area contributed by atoms with Gasteiger partial charge in [-0.25, -0.2) is 0 Å². The molecular weight excluding hydrogens is 190 g/mol. The van der Waals surface area contributed by atoms with Gasteiger partial charge in [-0.1, -0.05) is 32.6 Å². The molecular formula is C12H23NO2. The first kappa shape index (κ1) is 12.5. The van der Waals surface area contributed by atoms with Crippen molar-refractivity contribution in [2.75, 3.05) is 13.7 Å². The van der Waals surface area contributed by atoms with Gasteiger partial charge < -0.3 is 10.1 Å². The molecule has 15 heavy (non-hydrogen) atoms. The smallest absolute Gasteiger partial charge is 0.326 e. The summed E-state index contributed by atoms with van der Waals surface area (Å²) in [6.45, 7) is 3.15. The SMILES string of the molecule is CCCCCCC1(C(=O)OC)CCCN1. The van der Waals surface area contributed by atoms with Gasteiger partial charge in [0, 0.05) is 0 Å². The lowest BCUT2D eigenvalue weighted by Crippen LogP contribution is -2.48. The second-order valence-electron chi connectivity index (χ2n) is 4.41. The van der Waals surface area contributed by atoms with E-state index < -0.39 is 0 Å². The van der Waals surface area contributed by atoms with E-state index in [1.54, 1.807) is 0 Å². The molecule has 0 aromatic carbocycles.